The summed E-state index contributed by atoms with van der Waals surface area (Å²) >= 11 is 0. The molecule has 2 aromatic carbocycles. The van der Waals surface area contributed by atoms with Gasteiger partial charge >= 0.3 is 0 Å². The number of carbonyl (C=O) groups is 2. The Morgan fingerprint density at radius 2 is 1.68 bits per heavy atom. The van der Waals surface area contributed by atoms with E-state index in [1.54, 1.807) is 12.1 Å². The number of hydrogen-bond acceptors (Lipinski definition) is 2. The highest BCUT2D eigenvalue weighted by Gasteiger charge is 2.45. The number of hydrogen-bond donors (Lipinski definition) is 2. The molecule has 2 saturated carbocycles. The highest BCUT2D eigenvalue weighted by molar-refractivity contribution is 5.94. The molecule has 0 aliphatic heterocycles. The fourth-order valence-corrected chi connectivity index (χ4v) is 3.81. The second-order valence-electron chi connectivity index (χ2n) is 8.02. The lowest BCUT2D eigenvalue weighted by Crippen LogP contribution is -2.49. The average Bonchev–Trinajstić information content (AvgIpc) is 3.48. The minimum atomic E-state index is -0.521. The van der Waals surface area contributed by atoms with Crippen molar-refractivity contribution in [1.29, 1.82) is 0 Å². The van der Waals surface area contributed by atoms with Gasteiger partial charge in [-0.15, -0.1) is 0 Å². The molecule has 2 aliphatic carbocycles. The second-order valence-corrected chi connectivity index (χ2v) is 8.02. The molecule has 2 aliphatic rings. The Labute approximate surface area is 164 Å². The smallest absolute Gasteiger partial charge is 0.231 e. The molecule has 2 fully saturated rings. The van der Waals surface area contributed by atoms with Crippen LogP contribution in [0.2, 0.25) is 0 Å². The van der Waals surface area contributed by atoms with Crippen molar-refractivity contribution in [2.75, 3.05) is 5.32 Å². The van der Waals surface area contributed by atoms with Gasteiger partial charge in [0.15, 0.2) is 0 Å². The summed E-state index contributed by atoms with van der Waals surface area (Å²) in [6.45, 7) is 1.91. The Hall–Kier alpha value is -2.69. The summed E-state index contributed by atoms with van der Waals surface area (Å²) < 4.78 is 13.1. The molecule has 0 heterocycles. The largest absolute Gasteiger partial charge is 0.349 e. The fraction of sp³-hybridized carbons (Fsp3) is 0.391. The number of anilines is 1. The number of benzene rings is 2. The number of nitrogens with one attached hydrogen (secondary N) is 2. The van der Waals surface area contributed by atoms with Gasteiger partial charge in [-0.2, -0.15) is 0 Å². The van der Waals surface area contributed by atoms with E-state index in [-0.39, 0.29) is 29.6 Å². The van der Waals surface area contributed by atoms with Crippen LogP contribution in [-0.4, -0.2) is 11.8 Å². The monoisotopic (exact) mass is 380 g/mol. The molecule has 1 atom stereocenters. The van der Waals surface area contributed by atoms with Crippen molar-refractivity contribution in [3.05, 3.63) is 65.5 Å². The maximum atomic E-state index is 13.1. The molecule has 146 valence electrons. The molecule has 1 unspecified atom stereocenters. The lowest BCUT2D eigenvalue weighted by Gasteiger charge is -2.41. The number of halogens is 1. The predicted octanol–water partition coefficient (Wildman–Crippen LogP) is 4.47. The molecule has 2 aromatic rings. The SMILES string of the molecule is CC(NC(=O)C1(c2ccc(NC(=O)C3CC3)cc2)CCC1)c1ccc(F)cc1. The van der Waals surface area contributed by atoms with Crippen LogP contribution in [-0.2, 0) is 15.0 Å². The van der Waals surface area contributed by atoms with Gasteiger partial charge in [0.25, 0.3) is 0 Å². The first-order valence-electron chi connectivity index (χ1n) is 9.96. The first-order valence-corrected chi connectivity index (χ1v) is 9.96. The molecule has 28 heavy (non-hydrogen) atoms. The summed E-state index contributed by atoms with van der Waals surface area (Å²) in [6.07, 6.45) is 4.57. The predicted molar refractivity (Wildman–Crippen MR) is 106 cm³/mol. The van der Waals surface area contributed by atoms with Gasteiger partial charge in [0.2, 0.25) is 11.8 Å². The van der Waals surface area contributed by atoms with Gasteiger partial charge in [0.05, 0.1) is 11.5 Å². The van der Waals surface area contributed by atoms with Gasteiger partial charge < -0.3 is 10.6 Å². The molecule has 0 aromatic heterocycles. The van der Waals surface area contributed by atoms with E-state index in [0.29, 0.717) is 0 Å². The zero-order valence-electron chi connectivity index (χ0n) is 16.0. The van der Waals surface area contributed by atoms with Crippen LogP contribution in [0.1, 0.15) is 56.2 Å². The van der Waals surface area contributed by atoms with Crippen LogP contribution in [0, 0.1) is 11.7 Å². The molecule has 0 saturated heterocycles. The van der Waals surface area contributed by atoms with Crippen molar-refractivity contribution in [3.63, 3.8) is 0 Å². The third-order valence-electron chi connectivity index (χ3n) is 6.01. The Morgan fingerprint density at radius 1 is 1.04 bits per heavy atom. The Morgan fingerprint density at radius 3 is 2.21 bits per heavy atom. The highest BCUT2D eigenvalue weighted by atomic mass is 19.1. The summed E-state index contributed by atoms with van der Waals surface area (Å²) in [7, 11) is 0. The quantitative estimate of drug-likeness (QED) is 0.777. The van der Waals surface area contributed by atoms with Gasteiger partial charge in [0, 0.05) is 11.6 Å². The van der Waals surface area contributed by atoms with Gasteiger partial charge in [-0.1, -0.05) is 30.7 Å². The van der Waals surface area contributed by atoms with E-state index < -0.39 is 5.41 Å². The van der Waals surface area contributed by atoms with Crippen LogP contribution in [0.4, 0.5) is 10.1 Å². The molecule has 5 heteroatoms. The van der Waals surface area contributed by atoms with Crippen molar-refractivity contribution in [3.8, 4) is 0 Å². The van der Waals surface area contributed by atoms with Crippen LogP contribution in [0.15, 0.2) is 48.5 Å². The summed E-state index contributed by atoms with van der Waals surface area (Å²) in [6, 6.07) is 13.7. The molecular formula is C23H25FN2O2. The second kappa shape index (κ2) is 7.38. The maximum Gasteiger partial charge on any atom is 0.231 e. The van der Waals surface area contributed by atoms with Crippen molar-refractivity contribution in [2.45, 2.75) is 50.5 Å². The van der Waals surface area contributed by atoms with E-state index in [1.165, 1.54) is 12.1 Å². The van der Waals surface area contributed by atoms with Crippen LogP contribution in [0.5, 0.6) is 0 Å². The van der Waals surface area contributed by atoms with Crippen molar-refractivity contribution >= 4 is 17.5 Å². The van der Waals surface area contributed by atoms with Crippen LogP contribution < -0.4 is 10.6 Å². The lowest BCUT2D eigenvalue weighted by molar-refractivity contribution is -0.130. The molecule has 0 bridgehead atoms. The average molecular weight is 380 g/mol. The third-order valence-corrected chi connectivity index (χ3v) is 6.01. The molecule has 4 rings (SSSR count). The number of carbonyl (C=O) groups excluding carboxylic acids is 2. The molecular weight excluding hydrogens is 355 g/mol. The molecule has 2 N–H and O–H groups in total. The first-order chi connectivity index (χ1) is 13.5. The lowest BCUT2D eigenvalue weighted by atomic mass is 9.63. The molecule has 0 spiro atoms. The van der Waals surface area contributed by atoms with Crippen molar-refractivity contribution < 1.29 is 14.0 Å². The van der Waals surface area contributed by atoms with Gasteiger partial charge in [-0.05, 0) is 68.0 Å². The summed E-state index contributed by atoms with van der Waals surface area (Å²) in [5, 5.41) is 6.03. The van der Waals surface area contributed by atoms with Crippen LogP contribution in [0.25, 0.3) is 0 Å². The topological polar surface area (TPSA) is 58.2 Å². The van der Waals surface area contributed by atoms with Gasteiger partial charge in [-0.3, -0.25) is 9.59 Å². The Balaban J connectivity index is 1.45. The van der Waals surface area contributed by atoms with E-state index in [0.717, 1.165) is 48.9 Å². The minimum Gasteiger partial charge on any atom is -0.349 e. The van der Waals surface area contributed by atoms with Gasteiger partial charge in [0.1, 0.15) is 5.82 Å². The summed E-state index contributed by atoms with van der Waals surface area (Å²) in [5.74, 6) is -0.0368. The van der Waals surface area contributed by atoms with E-state index in [4.69, 9.17) is 0 Å². The van der Waals surface area contributed by atoms with E-state index >= 15 is 0 Å². The van der Waals surface area contributed by atoms with E-state index in [1.807, 2.05) is 31.2 Å². The van der Waals surface area contributed by atoms with Crippen LogP contribution >= 0.6 is 0 Å². The van der Waals surface area contributed by atoms with E-state index in [2.05, 4.69) is 10.6 Å². The Bertz CT molecular complexity index is 868. The fourth-order valence-electron chi connectivity index (χ4n) is 3.81. The van der Waals surface area contributed by atoms with E-state index in [9.17, 15) is 14.0 Å². The highest BCUT2D eigenvalue weighted by Crippen LogP contribution is 2.44. The molecule has 4 nitrogen and oxygen atoms in total. The van der Waals surface area contributed by atoms with Gasteiger partial charge in [-0.25, -0.2) is 4.39 Å². The number of amides is 2. The first kappa shape index (κ1) is 18.7. The number of rotatable bonds is 6. The normalized spacial score (nSPS) is 18.6. The summed E-state index contributed by atoms with van der Waals surface area (Å²) in [5.41, 5.74) is 2.11. The molecule has 2 amide bonds. The molecule has 0 radical (unpaired) electrons. The standard InChI is InChI=1S/C23H25FN2O2/c1-15(16-5-9-19(24)10-6-16)25-22(28)23(13-2-14-23)18-7-11-20(12-8-18)26-21(27)17-3-4-17/h5-12,15,17H,2-4,13-14H2,1H3,(H,25,28)(H,26,27). The third kappa shape index (κ3) is 3.66. The zero-order valence-corrected chi connectivity index (χ0v) is 16.0. The summed E-state index contributed by atoms with van der Waals surface area (Å²) in [4.78, 5) is 25.0. The Kier molecular flexibility index (Phi) is 4.92. The zero-order chi connectivity index (χ0) is 19.7. The van der Waals surface area contributed by atoms with Crippen LogP contribution in [0.3, 0.4) is 0 Å². The van der Waals surface area contributed by atoms with Crippen molar-refractivity contribution in [2.24, 2.45) is 5.92 Å². The maximum absolute atomic E-state index is 13.1. The minimum absolute atomic E-state index is 0.00495. The van der Waals surface area contributed by atoms with Crippen molar-refractivity contribution in [1.82, 2.24) is 5.32 Å².